The first-order valence-electron chi connectivity index (χ1n) is 20.0. The Balaban J connectivity index is 1.39. The van der Waals surface area contributed by atoms with Crippen LogP contribution in [0.15, 0.2) is 74.8 Å². The molecule has 57 heavy (non-hydrogen) atoms. The van der Waals surface area contributed by atoms with Crippen molar-refractivity contribution in [3.63, 3.8) is 0 Å². The highest BCUT2D eigenvalue weighted by molar-refractivity contribution is 9.10. The second-order valence-corrected chi connectivity index (χ2v) is 17.8. The molecule has 5 rings (SSSR count). The van der Waals surface area contributed by atoms with Crippen LogP contribution in [0.4, 0.5) is 11.5 Å². The third-order valence-electron chi connectivity index (χ3n) is 11.1. The molecule has 1 aromatic carbocycles. The topological polar surface area (TPSA) is 154 Å². The number of carboxylic acids is 1. The smallest absolute Gasteiger partial charge is 0.327 e. The average Bonchev–Trinajstić information content (AvgIpc) is 3.53. The summed E-state index contributed by atoms with van der Waals surface area (Å²) in [5.74, 6) is -0.380. The number of aliphatic imine (C=N–C) groups is 1. The minimum atomic E-state index is -1.04. The molecule has 1 aromatic heterocycles. The predicted octanol–water partition coefficient (Wildman–Crippen LogP) is 8.62. The highest BCUT2D eigenvalue weighted by Crippen LogP contribution is 2.51. The van der Waals surface area contributed by atoms with Gasteiger partial charge in [0.1, 0.15) is 12.2 Å². The number of carbonyl (C=O) groups is 3. The van der Waals surface area contributed by atoms with E-state index in [1.54, 1.807) is 0 Å². The number of amides is 2. The van der Waals surface area contributed by atoms with Gasteiger partial charge in [0.25, 0.3) is 0 Å². The number of hydrogen-bond donors (Lipinski definition) is 4. The maximum atomic E-state index is 12.7. The van der Waals surface area contributed by atoms with Crippen LogP contribution in [0.5, 0.6) is 0 Å². The number of allylic oxidation sites excluding steroid dienone is 6. The number of aryl methyl sites for hydroxylation is 2. The van der Waals surface area contributed by atoms with Crippen LogP contribution in [0.25, 0.3) is 0 Å². The highest BCUT2D eigenvalue weighted by atomic mass is 79.9. The molecule has 3 aliphatic rings. The van der Waals surface area contributed by atoms with E-state index in [2.05, 4.69) is 112 Å². The van der Waals surface area contributed by atoms with Gasteiger partial charge in [0.05, 0.1) is 34.0 Å². The summed E-state index contributed by atoms with van der Waals surface area (Å²) in [6, 6.07) is 5.30. The standard InChI is InChI=1S/C43H56BrN5O7S/c1-29-25-31(57-56-55-54)27-32-39(29)49-24-16-8-11-20-37(50)45-22-14-13-17-34(41(52)53)46-38(51)21-12-7-15-23-48-28-30(44)26-33-40(48)47-35(42(33,2)3)18-9-6-10-19-36(49)43(32,4)5/h6,9-10,18-19,25-28,34H,7-8,11-17,20-24H2,1-5H3,(H3-,45,46,50,51,52,53,54)/p+1. The molecule has 2 amide bonds. The molecule has 0 saturated carbocycles. The van der Waals surface area contributed by atoms with Crippen molar-refractivity contribution in [2.24, 2.45) is 4.99 Å². The van der Waals surface area contributed by atoms with Gasteiger partial charge >= 0.3 is 11.8 Å². The molecule has 0 saturated heterocycles. The average molecular weight is 868 g/mol. The molecule has 0 radical (unpaired) electrons. The zero-order chi connectivity index (χ0) is 41.2. The molecule has 0 fully saturated rings. The molecule has 308 valence electrons. The molecule has 0 spiro atoms. The molecule has 14 heteroatoms. The number of rotatable bonds is 4. The minimum Gasteiger partial charge on any atom is -0.480 e. The fraction of sp³-hybridized carbons (Fsp3) is 0.512. The van der Waals surface area contributed by atoms with E-state index in [0.29, 0.717) is 38.6 Å². The largest absolute Gasteiger partial charge is 0.480 e. The quantitative estimate of drug-likeness (QED) is 0.102. The molecular weight excluding hydrogens is 810 g/mol. The summed E-state index contributed by atoms with van der Waals surface area (Å²) < 4.78 is 7.93. The predicted molar refractivity (Wildman–Crippen MR) is 226 cm³/mol. The van der Waals surface area contributed by atoms with E-state index in [4.69, 9.17) is 14.6 Å². The lowest BCUT2D eigenvalue weighted by atomic mass is 9.82. The first-order valence-corrected chi connectivity index (χ1v) is 21.5. The summed E-state index contributed by atoms with van der Waals surface area (Å²) in [7, 11) is 0. The first kappa shape index (κ1) is 44.3. The van der Waals surface area contributed by atoms with Crippen LogP contribution in [0.1, 0.15) is 115 Å². The summed E-state index contributed by atoms with van der Waals surface area (Å²) in [5.41, 5.74) is 6.00. The Morgan fingerprint density at radius 2 is 1.70 bits per heavy atom. The van der Waals surface area contributed by atoms with Crippen LogP contribution in [0.2, 0.25) is 0 Å². The van der Waals surface area contributed by atoms with Crippen LogP contribution in [0, 0.1) is 6.92 Å². The summed E-state index contributed by atoms with van der Waals surface area (Å²) in [5, 5.41) is 28.0. The molecule has 12 nitrogen and oxygen atoms in total. The number of carboxylic acid groups (broad SMARTS) is 1. The second kappa shape index (κ2) is 20.2. The number of nitrogens with one attached hydrogen (secondary N) is 2. The van der Waals surface area contributed by atoms with Crippen molar-refractivity contribution in [3.8, 4) is 0 Å². The van der Waals surface area contributed by atoms with Crippen molar-refractivity contribution in [1.82, 2.24) is 10.6 Å². The molecule has 2 aromatic rings. The van der Waals surface area contributed by atoms with E-state index in [1.165, 1.54) is 0 Å². The normalized spacial score (nSPS) is 22.2. The monoisotopic (exact) mass is 866 g/mol. The third kappa shape index (κ3) is 11.2. The third-order valence-corrected chi connectivity index (χ3v) is 12.1. The van der Waals surface area contributed by atoms with Crippen LogP contribution in [-0.4, -0.2) is 53.0 Å². The minimum absolute atomic E-state index is 0.0131. The van der Waals surface area contributed by atoms with Crippen LogP contribution in [-0.2, 0) is 41.1 Å². The Morgan fingerprint density at radius 3 is 2.46 bits per heavy atom. The Hall–Kier alpha value is -3.82. The van der Waals surface area contributed by atoms with E-state index in [-0.39, 0.29) is 29.1 Å². The van der Waals surface area contributed by atoms with Gasteiger partial charge in [-0.2, -0.15) is 0 Å². The van der Waals surface area contributed by atoms with Gasteiger partial charge in [-0.25, -0.2) is 14.6 Å². The molecule has 2 bridgehead atoms. The Labute approximate surface area is 349 Å². The van der Waals surface area contributed by atoms with Crippen LogP contribution < -0.4 is 20.1 Å². The molecule has 4 heterocycles. The number of anilines is 1. The summed E-state index contributed by atoms with van der Waals surface area (Å²) in [6.07, 6.45) is 19.5. The van der Waals surface area contributed by atoms with Crippen molar-refractivity contribution in [3.05, 3.63) is 81.6 Å². The van der Waals surface area contributed by atoms with Gasteiger partial charge in [-0.1, -0.05) is 43.5 Å². The summed E-state index contributed by atoms with van der Waals surface area (Å²) in [4.78, 5) is 45.5. The van der Waals surface area contributed by atoms with Crippen molar-refractivity contribution in [2.75, 3.05) is 18.0 Å². The molecule has 0 aliphatic carbocycles. The Kier molecular flexibility index (Phi) is 15.7. The number of nitrogens with zero attached hydrogens (tertiary/aromatic N) is 3. The molecule has 4 N–H and O–H groups in total. The number of pyridine rings is 1. The zero-order valence-corrected chi connectivity index (χ0v) is 36.1. The number of aromatic nitrogens is 1. The van der Waals surface area contributed by atoms with Gasteiger partial charge in [0, 0.05) is 47.6 Å². The zero-order valence-electron chi connectivity index (χ0n) is 33.7. The molecular formula is C43H57BrN5O7S+. The van der Waals surface area contributed by atoms with Gasteiger partial charge in [-0.15, -0.1) is 4.33 Å². The van der Waals surface area contributed by atoms with E-state index in [1.807, 2.05) is 18.2 Å². The maximum Gasteiger partial charge on any atom is 0.327 e. The number of aliphatic carboxylic acids is 1. The van der Waals surface area contributed by atoms with Crippen molar-refractivity contribution in [2.45, 2.75) is 134 Å². The summed E-state index contributed by atoms with van der Waals surface area (Å²) >= 11 is 4.67. The first-order chi connectivity index (χ1) is 27.2. The lowest BCUT2D eigenvalue weighted by Crippen LogP contribution is -2.40. The number of fused-ring (bicyclic) bond motifs is 3. The lowest BCUT2D eigenvalue weighted by molar-refractivity contribution is -0.685. The van der Waals surface area contributed by atoms with Crippen molar-refractivity contribution < 1.29 is 38.7 Å². The van der Waals surface area contributed by atoms with E-state index < -0.39 is 12.0 Å². The fourth-order valence-corrected chi connectivity index (χ4v) is 8.93. The van der Waals surface area contributed by atoms with Crippen LogP contribution >= 0.6 is 28.0 Å². The van der Waals surface area contributed by atoms with Gasteiger partial charge in [-0.05, 0) is 135 Å². The highest BCUT2D eigenvalue weighted by Gasteiger charge is 2.43. The lowest BCUT2D eigenvalue weighted by Gasteiger charge is -2.27. The second-order valence-electron chi connectivity index (χ2n) is 16.1. The molecule has 1 unspecified atom stereocenters. The van der Waals surface area contributed by atoms with Gasteiger partial charge in [0.2, 0.25) is 11.8 Å². The fourth-order valence-electron chi connectivity index (χ4n) is 7.95. The number of halogens is 1. The van der Waals surface area contributed by atoms with E-state index in [9.17, 15) is 19.5 Å². The Morgan fingerprint density at radius 1 is 0.947 bits per heavy atom. The number of hydrogen-bond acceptors (Lipinski definition) is 9. The summed E-state index contributed by atoms with van der Waals surface area (Å²) in [6.45, 7) is 12.9. The van der Waals surface area contributed by atoms with Gasteiger partial charge in [-0.3, -0.25) is 9.59 Å². The SMILES string of the molecule is Cc1cc(SOOO)cc2c1N1CCCCCC(=O)NCCCCC(C(=O)O)NC(=O)CCCCC[n+]3cc(Br)cc4c3N=C(/C=C/C=C/C=C1C2(C)C)C4(C)C. The van der Waals surface area contributed by atoms with Crippen molar-refractivity contribution >= 4 is 63.0 Å². The Bertz CT molecular complexity index is 1920. The van der Waals surface area contributed by atoms with E-state index in [0.717, 1.165) is 106 Å². The van der Waals surface area contributed by atoms with Crippen LogP contribution in [0.3, 0.4) is 0 Å². The van der Waals surface area contributed by atoms with E-state index >= 15 is 0 Å². The van der Waals surface area contributed by atoms with Gasteiger partial charge in [0.15, 0.2) is 5.71 Å². The molecule has 3 aliphatic heterocycles. The van der Waals surface area contributed by atoms with Gasteiger partial charge < -0.3 is 20.6 Å². The molecule has 1 atom stereocenters. The number of carbonyl (C=O) groups excluding carboxylic acids is 2. The maximum absolute atomic E-state index is 12.7. The number of benzene rings is 1. The van der Waals surface area contributed by atoms with Crippen molar-refractivity contribution in [1.29, 1.82) is 0 Å².